The van der Waals surface area contributed by atoms with Gasteiger partial charge in [0.15, 0.2) is 0 Å². The lowest BCUT2D eigenvalue weighted by molar-refractivity contribution is -0.159. The number of methoxy groups -OCH3 is 2. The van der Waals surface area contributed by atoms with Crippen molar-refractivity contribution in [1.29, 1.82) is 0 Å². The largest absolute Gasteiger partial charge is 0.468 e. The zero-order valence-electron chi connectivity index (χ0n) is 12.7. The second-order valence-corrected chi connectivity index (χ2v) is 5.90. The van der Waals surface area contributed by atoms with Crippen LogP contribution in [0.25, 0.3) is 0 Å². The van der Waals surface area contributed by atoms with Crippen LogP contribution in [0.2, 0.25) is 0 Å². The molecule has 112 valence electrons. The maximum Gasteiger partial charge on any atom is 0.315 e. The quantitative estimate of drug-likeness (QED) is 0.630. The van der Waals surface area contributed by atoms with Crippen molar-refractivity contribution >= 4 is 5.97 Å². The van der Waals surface area contributed by atoms with Gasteiger partial charge in [-0.15, -0.1) is 0 Å². The lowest BCUT2D eigenvalue weighted by Crippen LogP contribution is -2.44. The number of fused-ring (bicyclic) bond motifs is 1. The van der Waals surface area contributed by atoms with E-state index in [0.29, 0.717) is 0 Å². The van der Waals surface area contributed by atoms with Gasteiger partial charge in [-0.1, -0.05) is 48.4 Å². The summed E-state index contributed by atoms with van der Waals surface area (Å²) in [5.74, 6) is -0.279. The number of hydrogen-bond acceptors (Lipinski definition) is 3. The maximum atomic E-state index is 12.4. The third kappa shape index (κ3) is 2.11. The number of carbonyl (C=O) groups excluding carboxylic acids is 1. The predicted octanol–water partition coefficient (Wildman–Crippen LogP) is 3.45. The molecule has 1 fully saturated rings. The molecule has 0 amide bonds. The van der Waals surface area contributed by atoms with Crippen LogP contribution in [0, 0.1) is 11.8 Å². The molecule has 21 heavy (non-hydrogen) atoms. The maximum absolute atomic E-state index is 12.4. The van der Waals surface area contributed by atoms with E-state index in [1.54, 1.807) is 7.11 Å². The SMILES string of the molecule is COC(=O)[C@@H]1C=C2CCCC[C@@H]2[C@@]1(OC)c1ccccc1. The number of ether oxygens (including phenoxy) is 2. The summed E-state index contributed by atoms with van der Waals surface area (Å²) in [7, 11) is 3.17. The van der Waals surface area contributed by atoms with Gasteiger partial charge in [-0.2, -0.15) is 0 Å². The molecule has 0 aromatic heterocycles. The fraction of sp³-hybridized carbons (Fsp3) is 0.500. The minimum atomic E-state index is -0.607. The summed E-state index contributed by atoms with van der Waals surface area (Å²) in [6.07, 6.45) is 6.63. The summed E-state index contributed by atoms with van der Waals surface area (Å²) in [4.78, 5) is 12.4. The van der Waals surface area contributed by atoms with E-state index in [2.05, 4.69) is 18.2 Å². The third-order valence-electron chi connectivity index (χ3n) is 5.03. The molecule has 3 heteroatoms. The van der Waals surface area contributed by atoms with Gasteiger partial charge in [0, 0.05) is 13.0 Å². The molecule has 0 N–H and O–H groups in total. The standard InChI is InChI=1S/C18H22O3/c1-20-17(19)16-12-13-8-6-7-11-15(13)18(16,21-2)14-9-4-3-5-10-14/h3-5,9-10,12,15-16H,6-8,11H2,1-2H3/t15-,16-,18-/m0/s1. The van der Waals surface area contributed by atoms with Crippen LogP contribution in [0.15, 0.2) is 42.0 Å². The molecule has 0 bridgehead atoms. The van der Waals surface area contributed by atoms with Crippen LogP contribution in [0.5, 0.6) is 0 Å². The van der Waals surface area contributed by atoms with Crippen LogP contribution >= 0.6 is 0 Å². The third-order valence-corrected chi connectivity index (χ3v) is 5.03. The lowest BCUT2D eigenvalue weighted by atomic mass is 9.71. The van der Waals surface area contributed by atoms with Gasteiger partial charge in [0.25, 0.3) is 0 Å². The average Bonchev–Trinajstić information content (AvgIpc) is 2.90. The highest BCUT2D eigenvalue weighted by Crippen LogP contribution is 2.54. The van der Waals surface area contributed by atoms with Crippen molar-refractivity contribution in [3.8, 4) is 0 Å². The summed E-state index contributed by atoms with van der Waals surface area (Å²) in [6, 6.07) is 10.1. The van der Waals surface area contributed by atoms with Gasteiger partial charge in [0.1, 0.15) is 11.5 Å². The highest BCUT2D eigenvalue weighted by Gasteiger charge is 2.55. The molecule has 1 saturated carbocycles. The Hall–Kier alpha value is -1.61. The summed E-state index contributed by atoms with van der Waals surface area (Å²) in [6.45, 7) is 0. The van der Waals surface area contributed by atoms with Gasteiger partial charge >= 0.3 is 5.97 Å². The van der Waals surface area contributed by atoms with Crippen LogP contribution in [-0.2, 0) is 19.9 Å². The average molecular weight is 286 g/mol. The van der Waals surface area contributed by atoms with Gasteiger partial charge in [-0.25, -0.2) is 0 Å². The minimum Gasteiger partial charge on any atom is -0.468 e. The van der Waals surface area contributed by atoms with E-state index in [1.807, 2.05) is 18.2 Å². The van der Waals surface area contributed by atoms with E-state index in [4.69, 9.17) is 9.47 Å². The number of carbonyl (C=O) groups is 1. The molecule has 0 saturated heterocycles. The zero-order valence-corrected chi connectivity index (χ0v) is 12.7. The van der Waals surface area contributed by atoms with Crippen LogP contribution in [0.3, 0.4) is 0 Å². The molecule has 3 atom stereocenters. The minimum absolute atomic E-state index is 0.206. The first-order valence-electron chi connectivity index (χ1n) is 7.63. The number of hydrogen-bond donors (Lipinski definition) is 0. The summed E-state index contributed by atoms with van der Waals surface area (Å²) in [5.41, 5.74) is 1.83. The Bertz CT molecular complexity index is 549. The van der Waals surface area contributed by atoms with Crippen molar-refractivity contribution in [2.75, 3.05) is 14.2 Å². The first-order chi connectivity index (χ1) is 10.2. The van der Waals surface area contributed by atoms with E-state index in [9.17, 15) is 4.79 Å². The molecule has 3 rings (SSSR count). The van der Waals surface area contributed by atoms with Gasteiger partial charge in [0.05, 0.1) is 7.11 Å². The van der Waals surface area contributed by atoms with Crippen molar-refractivity contribution in [1.82, 2.24) is 0 Å². The molecule has 3 nitrogen and oxygen atoms in total. The van der Waals surface area contributed by atoms with Crippen molar-refractivity contribution in [3.05, 3.63) is 47.5 Å². The zero-order chi connectivity index (χ0) is 14.9. The molecule has 2 aliphatic rings. The first kappa shape index (κ1) is 14.3. The normalized spacial score (nSPS) is 31.4. The molecule has 1 aromatic rings. The monoisotopic (exact) mass is 286 g/mol. The Morgan fingerprint density at radius 2 is 1.95 bits per heavy atom. The van der Waals surface area contributed by atoms with Crippen molar-refractivity contribution in [2.24, 2.45) is 11.8 Å². The lowest BCUT2D eigenvalue weighted by Gasteiger charge is -2.41. The Morgan fingerprint density at radius 3 is 2.62 bits per heavy atom. The fourth-order valence-corrected chi connectivity index (χ4v) is 4.12. The van der Waals surface area contributed by atoms with Crippen molar-refractivity contribution < 1.29 is 14.3 Å². The van der Waals surface area contributed by atoms with E-state index < -0.39 is 5.60 Å². The molecular formula is C18H22O3. The Labute approximate surface area is 125 Å². The molecule has 0 radical (unpaired) electrons. The van der Waals surface area contributed by atoms with Gasteiger partial charge in [0.2, 0.25) is 0 Å². The van der Waals surface area contributed by atoms with E-state index in [1.165, 1.54) is 25.5 Å². The molecule has 0 unspecified atom stereocenters. The predicted molar refractivity (Wildman–Crippen MR) is 80.7 cm³/mol. The van der Waals surface area contributed by atoms with Crippen LogP contribution in [0.1, 0.15) is 31.2 Å². The van der Waals surface area contributed by atoms with Crippen molar-refractivity contribution in [2.45, 2.75) is 31.3 Å². The highest BCUT2D eigenvalue weighted by atomic mass is 16.5. The molecule has 1 aromatic carbocycles. The molecule has 0 heterocycles. The Morgan fingerprint density at radius 1 is 1.19 bits per heavy atom. The Kier molecular flexibility index (Phi) is 3.85. The van der Waals surface area contributed by atoms with Gasteiger partial charge in [-0.05, 0) is 24.8 Å². The smallest absolute Gasteiger partial charge is 0.315 e. The number of benzene rings is 1. The Balaban J connectivity index is 2.12. The number of esters is 1. The van der Waals surface area contributed by atoms with E-state index in [0.717, 1.165) is 18.4 Å². The fourth-order valence-electron chi connectivity index (χ4n) is 4.12. The van der Waals surface area contributed by atoms with Gasteiger partial charge < -0.3 is 9.47 Å². The second kappa shape index (κ2) is 5.64. The first-order valence-corrected chi connectivity index (χ1v) is 7.63. The summed E-state index contributed by atoms with van der Waals surface area (Å²) in [5, 5.41) is 0. The van der Waals surface area contributed by atoms with Crippen LogP contribution < -0.4 is 0 Å². The molecule has 2 aliphatic carbocycles. The summed E-state index contributed by atoms with van der Waals surface area (Å²) >= 11 is 0. The van der Waals surface area contributed by atoms with Crippen LogP contribution in [0.4, 0.5) is 0 Å². The summed E-state index contributed by atoms with van der Waals surface area (Å²) < 4.78 is 11.1. The topological polar surface area (TPSA) is 35.5 Å². The van der Waals surface area contributed by atoms with Crippen molar-refractivity contribution in [3.63, 3.8) is 0 Å². The van der Waals surface area contributed by atoms with E-state index >= 15 is 0 Å². The number of rotatable bonds is 3. The highest BCUT2D eigenvalue weighted by molar-refractivity contribution is 5.78. The molecule has 0 aliphatic heterocycles. The van der Waals surface area contributed by atoms with Gasteiger partial charge in [-0.3, -0.25) is 4.79 Å². The molecular weight excluding hydrogens is 264 g/mol. The molecule has 0 spiro atoms. The second-order valence-electron chi connectivity index (χ2n) is 5.90. The van der Waals surface area contributed by atoms with E-state index in [-0.39, 0.29) is 17.8 Å². The van der Waals surface area contributed by atoms with Crippen LogP contribution in [-0.4, -0.2) is 20.2 Å².